The lowest BCUT2D eigenvalue weighted by molar-refractivity contribution is -0.149. The van der Waals surface area contributed by atoms with Crippen LogP contribution in [0.3, 0.4) is 0 Å². The van der Waals surface area contributed by atoms with E-state index in [-0.39, 0.29) is 17.3 Å². The number of hydrogen-bond donors (Lipinski definition) is 1. The zero-order chi connectivity index (χ0) is 9.84. The van der Waals surface area contributed by atoms with Gasteiger partial charge in [0.15, 0.2) is 0 Å². The van der Waals surface area contributed by atoms with Gasteiger partial charge in [-0.2, -0.15) is 12.6 Å². The van der Waals surface area contributed by atoms with Crippen LogP contribution in [-0.4, -0.2) is 17.3 Å². The highest BCUT2D eigenvalue weighted by molar-refractivity contribution is 7.81. The van der Waals surface area contributed by atoms with Gasteiger partial charge in [0.2, 0.25) is 0 Å². The fourth-order valence-corrected chi connectivity index (χ4v) is 1.67. The van der Waals surface area contributed by atoms with Gasteiger partial charge in [0, 0.05) is 0 Å². The molecule has 1 unspecified atom stereocenters. The highest BCUT2D eigenvalue weighted by atomic mass is 32.1. The third-order valence-corrected chi connectivity index (χ3v) is 2.80. The van der Waals surface area contributed by atoms with E-state index in [1.165, 1.54) is 12.8 Å². The molecule has 1 fully saturated rings. The number of carbonyl (C=O) groups is 1. The first-order valence-electron chi connectivity index (χ1n) is 4.98. The van der Waals surface area contributed by atoms with Gasteiger partial charge in [-0.05, 0) is 38.5 Å². The zero-order valence-electron chi connectivity index (χ0n) is 8.32. The van der Waals surface area contributed by atoms with Gasteiger partial charge in [-0.1, -0.05) is 6.92 Å². The highest BCUT2D eigenvalue weighted by Gasteiger charge is 2.22. The summed E-state index contributed by atoms with van der Waals surface area (Å²) in [7, 11) is 0. The maximum absolute atomic E-state index is 11.2. The molecule has 0 N–H and O–H groups in total. The minimum atomic E-state index is -0.292. The lowest BCUT2D eigenvalue weighted by Crippen LogP contribution is -2.26. The van der Waals surface area contributed by atoms with Gasteiger partial charge in [0.05, 0.1) is 5.25 Å². The first-order chi connectivity index (χ1) is 6.09. The van der Waals surface area contributed by atoms with Crippen molar-refractivity contribution in [3.8, 4) is 0 Å². The van der Waals surface area contributed by atoms with Crippen molar-refractivity contribution < 1.29 is 9.53 Å². The molecule has 1 atom stereocenters. The van der Waals surface area contributed by atoms with Gasteiger partial charge < -0.3 is 4.74 Å². The SMILES string of the molecule is CC1CCC(OC(=O)C(C)S)CC1. The van der Waals surface area contributed by atoms with E-state index in [9.17, 15) is 4.79 Å². The Hall–Kier alpha value is -0.180. The Labute approximate surface area is 85.4 Å². The average molecular weight is 202 g/mol. The summed E-state index contributed by atoms with van der Waals surface area (Å²) in [6.45, 7) is 4.00. The molecule has 0 heterocycles. The van der Waals surface area contributed by atoms with Crippen LogP contribution in [0.15, 0.2) is 0 Å². The van der Waals surface area contributed by atoms with Crippen molar-refractivity contribution in [3.63, 3.8) is 0 Å². The summed E-state index contributed by atoms with van der Waals surface area (Å²) < 4.78 is 5.29. The molecule has 0 aromatic carbocycles. The normalized spacial score (nSPS) is 31.0. The molecule has 0 aromatic rings. The topological polar surface area (TPSA) is 26.3 Å². The number of hydrogen-bond acceptors (Lipinski definition) is 3. The van der Waals surface area contributed by atoms with E-state index in [2.05, 4.69) is 19.6 Å². The van der Waals surface area contributed by atoms with Crippen molar-refractivity contribution in [2.75, 3.05) is 0 Å². The van der Waals surface area contributed by atoms with E-state index in [1.807, 2.05) is 0 Å². The van der Waals surface area contributed by atoms with E-state index in [1.54, 1.807) is 6.92 Å². The van der Waals surface area contributed by atoms with Gasteiger partial charge in [0.1, 0.15) is 6.10 Å². The zero-order valence-corrected chi connectivity index (χ0v) is 9.22. The Balaban J connectivity index is 2.26. The summed E-state index contributed by atoms with van der Waals surface area (Å²) in [4.78, 5) is 11.2. The molecule has 3 heteroatoms. The molecule has 76 valence electrons. The second kappa shape index (κ2) is 4.89. The molecule has 0 saturated heterocycles. The minimum absolute atomic E-state index is 0.151. The molecule has 0 aliphatic heterocycles. The number of rotatable bonds is 2. The molecule has 13 heavy (non-hydrogen) atoms. The molecule has 1 saturated carbocycles. The summed E-state index contributed by atoms with van der Waals surface area (Å²) in [5.41, 5.74) is 0. The maximum Gasteiger partial charge on any atom is 0.318 e. The molecule has 1 aliphatic rings. The van der Waals surface area contributed by atoms with Crippen molar-refractivity contribution >= 4 is 18.6 Å². The molecule has 0 bridgehead atoms. The van der Waals surface area contributed by atoms with Gasteiger partial charge in [-0.25, -0.2) is 0 Å². The molecule has 1 rings (SSSR count). The van der Waals surface area contributed by atoms with Crippen LogP contribution in [0.1, 0.15) is 39.5 Å². The quantitative estimate of drug-likeness (QED) is 0.550. The third-order valence-electron chi connectivity index (χ3n) is 2.59. The molecular formula is C10H18O2S. The van der Waals surface area contributed by atoms with Crippen LogP contribution in [0.5, 0.6) is 0 Å². The Morgan fingerprint density at radius 1 is 1.38 bits per heavy atom. The average Bonchev–Trinajstić information content (AvgIpc) is 2.08. The van der Waals surface area contributed by atoms with Crippen LogP contribution in [0, 0.1) is 5.92 Å². The van der Waals surface area contributed by atoms with Crippen LogP contribution in [-0.2, 0) is 9.53 Å². The summed E-state index contributed by atoms with van der Waals surface area (Å²) in [5.74, 6) is 0.617. The highest BCUT2D eigenvalue weighted by Crippen LogP contribution is 2.25. The molecule has 2 nitrogen and oxygen atoms in total. The lowest BCUT2D eigenvalue weighted by atomic mass is 9.89. The van der Waals surface area contributed by atoms with Gasteiger partial charge in [-0.15, -0.1) is 0 Å². The van der Waals surface area contributed by atoms with E-state index in [0.717, 1.165) is 18.8 Å². The van der Waals surface area contributed by atoms with E-state index in [4.69, 9.17) is 4.74 Å². The minimum Gasteiger partial charge on any atom is -0.462 e. The van der Waals surface area contributed by atoms with Crippen LogP contribution in [0.25, 0.3) is 0 Å². The van der Waals surface area contributed by atoms with Crippen molar-refractivity contribution in [1.82, 2.24) is 0 Å². The molecular weight excluding hydrogens is 184 g/mol. The molecule has 0 radical (unpaired) electrons. The van der Waals surface area contributed by atoms with Crippen LogP contribution in [0.2, 0.25) is 0 Å². The van der Waals surface area contributed by atoms with Crippen molar-refractivity contribution in [1.29, 1.82) is 0 Å². The fraction of sp³-hybridized carbons (Fsp3) is 0.900. The largest absolute Gasteiger partial charge is 0.462 e. The van der Waals surface area contributed by atoms with E-state index >= 15 is 0 Å². The smallest absolute Gasteiger partial charge is 0.318 e. The number of esters is 1. The second-order valence-electron chi connectivity index (χ2n) is 3.99. The van der Waals surface area contributed by atoms with Crippen molar-refractivity contribution in [2.24, 2.45) is 5.92 Å². The summed E-state index contributed by atoms with van der Waals surface area (Å²) >= 11 is 4.04. The van der Waals surface area contributed by atoms with E-state index in [0.29, 0.717) is 0 Å². The summed E-state index contributed by atoms with van der Waals surface area (Å²) in [5, 5.41) is -0.292. The van der Waals surface area contributed by atoms with Crippen LogP contribution >= 0.6 is 12.6 Å². The van der Waals surface area contributed by atoms with Crippen LogP contribution < -0.4 is 0 Å². The molecule has 0 spiro atoms. The summed E-state index contributed by atoms with van der Waals surface area (Å²) in [6, 6.07) is 0. The van der Waals surface area contributed by atoms with E-state index < -0.39 is 0 Å². The number of ether oxygens (including phenoxy) is 1. The fourth-order valence-electron chi connectivity index (χ4n) is 1.61. The van der Waals surface area contributed by atoms with Crippen molar-refractivity contribution in [2.45, 2.75) is 50.9 Å². The predicted molar refractivity (Wildman–Crippen MR) is 56.0 cm³/mol. The Morgan fingerprint density at radius 2 is 1.92 bits per heavy atom. The molecule has 1 aliphatic carbocycles. The van der Waals surface area contributed by atoms with Gasteiger partial charge in [0.25, 0.3) is 0 Å². The monoisotopic (exact) mass is 202 g/mol. The second-order valence-corrected chi connectivity index (χ2v) is 4.77. The molecule has 0 aromatic heterocycles. The Bertz CT molecular complexity index is 172. The number of carbonyl (C=O) groups excluding carboxylic acids is 1. The summed E-state index contributed by atoms with van der Waals surface area (Å²) in [6.07, 6.45) is 4.55. The third kappa shape index (κ3) is 3.59. The first kappa shape index (κ1) is 10.9. The first-order valence-corrected chi connectivity index (χ1v) is 5.49. The molecule has 0 amide bonds. The van der Waals surface area contributed by atoms with Gasteiger partial charge in [-0.3, -0.25) is 4.79 Å². The number of thiol groups is 1. The predicted octanol–water partition coefficient (Wildman–Crippen LogP) is 2.43. The standard InChI is InChI=1S/C10H18O2S/c1-7-3-5-9(6-4-7)12-10(11)8(2)13/h7-9,13H,3-6H2,1-2H3. The Kier molecular flexibility index (Phi) is 4.10. The van der Waals surface area contributed by atoms with Crippen LogP contribution in [0.4, 0.5) is 0 Å². The van der Waals surface area contributed by atoms with Gasteiger partial charge >= 0.3 is 5.97 Å². The maximum atomic E-state index is 11.2. The van der Waals surface area contributed by atoms with Crippen molar-refractivity contribution in [3.05, 3.63) is 0 Å². The lowest BCUT2D eigenvalue weighted by Gasteiger charge is -2.26. The Morgan fingerprint density at radius 3 is 2.38 bits per heavy atom.